The van der Waals surface area contributed by atoms with Gasteiger partial charge in [0.2, 0.25) is 15.9 Å². The molecule has 2 aliphatic heterocycles. The summed E-state index contributed by atoms with van der Waals surface area (Å²) in [4.78, 5) is 14.7. The van der Waals surface area contributed by atoms with Gasteiger partial charge in [-0.25, -0.2) is 13.4 Å². The van der Waals surface area contributed by atoms with E-state index in [2.05, 4.69) is 9.72 Å². The van der Waals surface area contributed by atoms with Gasteiger partial charge in [-0.2, -0.15) is 17.5 Å². The van der Waals surface area contributed by atoms with Crippen molar-refractivity contribution in [1.29, 1.82) is 0 Å². The molecule has 25 heavy (non-hydrogen) atoms. The Morgan fingerprint density at radius 2 is 2.08 bits per heavy atom. The van der Waals surface area contributed by atoms with Gasteiger partial charge in [0.15, 0.2) is 6.61 Å². The van der Waals surface area contributed by atoms with Crippen LogP contribution in [0.25, 0.3) is 0 Å². The Kier molecular flexibility index (Phi) is 4.40. The Balaban J connectivity index is 1.78. The molecular formula is C14H15F3N2O5S. The molecule has 2 aliphatic rings. The van der Waals surface area contributed by atoms with Crippen LogP contribution >= 0.6 is 0 Å². The summed E-state index contributed by atoms with van der Waals surface area (Å²) in [5.74, 6) is -2.11. The maximum atomic E-state index is 12.8. The lowest BCUT2D eigenvalue weighted by molar-refractivity contribution is -0.154. The molecule has 3 rings (SSSR count). The number of fused-ring (bicyclic) bond motifs is 2. The molecular weight excluding hydrogens is 365 g/mol. The largest absolute Gasteiger partial charge is 0.481 e. The fraction of sp³-hybridized carbons (Fsp3) is 0.571. The predicted octanol–water partition coefficient (Wildman–Crippen LogP) is 1.65. The first-order chi connectivity index (χ1) is 11.6. The molecule has 7 nitrogen and oxygen atoms in total. The third-order valence-electron chi connectivity index (χ3n) is 4.46. The maximum Gasteiger partial charge on any atom is 0.422 e. The first kappa shape index (κ1) is 17.9. The van der Waals surface area contributed by atoms with Crippen molar-refractivity contribution >= 4 is 16.0 Å². The normalized spacial score (nSPS) is 26.8. The van der Waals surface area contributed by atoms with Gasteiger partial charge < -0.3 is 9.84 Å². The number of carboxylic acids is 1. The van der Waals surface area contributed by atoms with E-state index in [-0.39, 0.29) is 23.2 Å². The summed E-state index contributed by atoms with van der Waals surface area (Å²) in [6.45, 7) is -1.53. The second-order valence-electron chi connectivity index (χ2n) is 6.05. The van der Waals surface area contributed by atoms with Crippen molar-refractivity contribution in [3.05, 3.63) is 18.3 Å². The fourth-order valence-corrected chi connectivity index (χ4v) is 5.32. The Bertz CT molecular complexity index is 766. The average Bonchev–Trinajstić information content (AvgIpc) is 3.11. The number of aromatic nitrogens is 1. The van der Waals surface area contributed by atoms with Crippen LogP contribution in [0.4, 0.5) is 13.2 Å². The van der Waals surface area contributed by atoms with E-state index >= 15 is 0 Å². The molecule has 2 saturated heterocycles. The van der Waals surface area contributed by atoms with E-state index in [0.717, 1.165) is 18.3 Å². The van der Waals surface area contributed by atoms with E-state index in [1.165, 1.54) is 4.31 Å². The topological polar surface area (TPSA) is 96.8 Å². The highest BCUT2D eigenvalue weighted by Gasteiger charge is 2.54. The zero-order valence-corrected chi connectivity index (χ0v) is 13.6. The van der Waals surface area contributed by atoms with Crippen LogP contribution in [0.3, 0.4) is 0 Å². The van der Waals surface area contributed by atoms with Crippen molar-refractivity contribution in [2.75, 3.05) is 6.61 Å². The molecule has 3 unspecified atom stereocenters. The Morgan fingerprint density at radius 3 is 2.60 bits per heavy atom. The zero-order chi connectivity index (χ0) is 18.4. The Hall–Kier alpha value is -1.88. The van der Waals surface area contributed by atoms with Gasteiger partial charge in [0.25, 0.3) is 0 Å². The monoisotopic (exact) mass is 380 g/mol. The minimum atomic E-state index is -4.52. The molecule has 1 aromatic rings. The minimum absolute atomic E-state index is 0.199. The highest BCUT2D eigenvalue weighted by molar-refractivity contribution is 7.89. The van der Waals surface area contributed by atoms with Crippen molar-refractivity contribution in [3.8, 4) is 5.88 Å². The second-order valence-corrected chi connectivity index (χ2v) is 7.89. The lowest BCUT2D eigenvalue weighted by Gasteiger charge is -2.22. The number of hydrogen-bond acceptors (Lipinski definition) is 5. The number of carbonyl (C=O) groups is 1. The Morgan fingerprint density at radius 1 is 1.36 bits per heavy atom. The average molecular weight is 380 g/mol. The van der Waals surface area contributed by atoms with Crippen LogP contribution < -0.4 is 4.74 Å². The number of pyridine rings is 1. The summed E-state index contributed by atoms with van der Waals surface area (Å²) in [5.41, 5.74) is 0. The van der Waals surface area contributed by atoms with Gasteiger partial charge in [0.05, 0.1) is 12.1 Å². The van der Waals surface area contributed by atoms with Gasteiger partial charge in [-0.1, -0.05) is 0 Å². The highest BCUT2D eigenvalue weighted by atomic mass is 32.2. The molecule has 2 fully saturated rings. The first-order valence-electron chi connectivity index (χ1n) is 7.51. The van der Waals surface area contributed by atoms with Gasteiger partial charge in [-0.15, -0.1) is 0 Å². The van der Waals surface area contributed by atoms with Crippen LogP contribution in [0.2, 0.25) is 0 Å². The quantitative estimate of drug-likeness (QED) is 0.834. The summed E-state index contributed by atoms with van der Waals surface area (Å²) in [5, 5.41) is 9.21. The molecule has 0 aliphatic carbocycles. The van der Waals surface area contributed by atoms with E-state index in [0.29, 0.717) is 12.8 Å². The van der Waals surface area contributed by atoms with E-state index in [1.807, 2.05) is 0 Å². The molecule has 0 aromatic carbocycles. The van der Waals surface area contributed by atoms with Crippen molar-refractivity contribution in [1.82, 2.24) is 9.29 Å². The third-order valence-corrected chi connectivity index (χ3v) is 6.42. The van der Waals surface area contributed by atoms with Crippen molar-refractivity contribution in [2.24, 2.45) is 5.92 Å². The number of rotatable bonds is 5. The number of ether oxygens (including phenoxy) is 1. The molecule has 2 bridgehead atoms. The van der Waals surface area contributed by atoms with E-state index in [9.17, 15) is 31.5 Å². The lowest BCUT2D eigenvalue weighted by atomic mass is 9.89. The number of halogens is 3. The number of aliphatic carboxylic acids is 1. The van der Waals surface area contributed by atoms with Gasteiger partial charge in [0, 0.05) is 18.2 Å². The Labute approximate surface area is 141 Å². The number of nitrogens with zero attached hydrogens (tertiary/aromatic N) is 2. The molecule has 3 atom stereocenters. The first-order valence-corrected chi connectivity index (χ1v) is 8.95. The SMILES string of the molecule is O=C(O)C1CC2CCC1N2S(=O)(=O)c1ccc(OCC(F)(F)F)nc1. The minimum Gasteiger partial charge on any atom is -0.481 e. The van der Waals surface area contributed by atoms with Crippen LogP contribution in [0, 0.1) is 5.92 Å². The molecule has 138 valence electrons. The van der Waals surface area contributed by atoms with Crippen molar-refractivity contribution < 1.29 is 36.2 Å². The van der Waals surface area contributed by atoms with Crippen LogP contribution in [0.15, 0.2) is 23.2 Å². The van der Waals surface area contributed by atoms with Gasteiger partial charge >= 0.3 is 12.1 Å². The van der Waals surface area contributed by atoms with Crippen LogP contribution in [-0.4, -0.2) is 53.6 Å². The summed E-state index contributed by atoms with van der Waals surface area (Å²) < 4.78 is 67.5. The number of carboxylic acid groups (broad SMARTS) is 1. The molecule has 1 N–H and O–H groups in total. The predicted molar refractivity (Wildman–Crippen MR) is 77.4 cm³/mol. The summed E-state index contributed by atoms with van der Waals surface area (Å²) in [7, 11) is -3.97. The van der Waals surface area contributed by atoms with Crippen molar-refractivity contribution in [2.45, 2.75) is 42.4 Å². The second kappa shape index (κ2) is 6.13. The lowest BCUT2D eigenvalue weighted by Crippen LogP contribution is -2.37. The maximum absolute atomic E-state index is 12.8. The molecule has 0 spiro atoms. The van der Waals surface area contributed by atoms with Crippen LogP contribution in [0.1, 0.15) is 19.3 Å². The van der Waals surface area contributed by atoms with Gasteiger partial charge in [0.1, 0.15) is 4.90 Å². The smallest absolute Gasteiger partial charge is 0.422 e. The fourth-order valence-electron chi connectivity index (χ4n) is 3.46. The van der Waals surface area contributed by atoms with Crippen LogP contribution in [-0.2, 0) is 14.8 Å². The van der Waals surface area contributed by atoms with Crippen molar-refractivity contribution in [3.63, 3.8) is 0 Å². The summed E-state index contributed by atoms with van der Waals surface area (Å²) >= 11 is 0. The van der Waals surface area contributed by atoms with Gasteiger partial charge in [-0.05, 0) is 25.3 Å². The molecule has 0 radical (unpaired) electrons. The molecule has 11 heteroatoms. The standard InChI is InChI=1S/C14H15F3N2O5S/c15-14(16,17)7-24-12-4-2-9(6-18-12)25(22,23)19-8-1-3-11(19)10(5-8)13(20)21/h2,4,6,8,10-11H,1,3,5,7H2,(H,20,21). The molecule has 0 saturated carbocycles. The third kappa shape index (κ3) is 3.43. The van der Waals surface area contributed by atoms with E-state index in [1.54, 1.807) is 0 Å². The van der Waals surface area contributed by atoms with Crippen LogP contribution in [0.5, 0.6) is 5.88 Å². The zero-order valence-electron chi connectivity index (χ0n) is 12.8. The van der Waals surface area contributed by atoms with E-state index in [4.69, 9.17) is 0 Å². The molecule has 1 aromatic heterocycles. The van der Waals surface area contributed by atoms with Gasteiger partial charge in [-0.3, -0.25) is 4.79 Å². The number of hydrogen-bond donors (Lipinski definition) is 1. The van der Waals surface area contributed by atoms with E-state index < -0.39 is 40.7 Å². The summed E-state index contributed by atoms with van der Waals surface area (Å²) in [6.07, 6.45) is -2.27. The number of sulfonamides is 1. The summed E-state index contributed by atoms with van der Waals surface area (Å²) in [6, 6.07) is 1.18. The molecule has 0 amide bonds. The highest BCUT2D eigenvalue weighted by Crippen LogP contribution is 2.45. The number of alkyl halides is 3. The molecule has 3 heterocycles.